The monoisotopic (exact) mass is 666 g/mol. The number of hydrogen-bond donors (Lipinski definition) is 2. The van der Waals surface area contributed by atoms with Gasteiger partial charge < -0.3 is 40.5 Å². The predicted octanol–water partition coefficient (Wildman–Crippen LogP) is 1.65. The predicted molar refractivity (Wildman–Crippen MR) is 174 cm³/mol. The van der Waals surface area contributed by atoms with Crippen LogP contribution in [-0.2, 0) is 31.9 Å². The Morgan fingerprint density at radius 2 is 0.875 bits per heavy atom. The maximum absolute atomic E-state index is 12.9. The van der Waals surface area contributed by atoms with E-state index in [1.807, 2.05) is 0 Å². The lowest BCUT2D eigenvalue weighted by atomic mass is 9.96. The van der Waals surface area contributed by atoms with Crippen LogP contribution in [0.2, 0.25) is 0 Å². The summed E-state index contributed by atoms with van der Waals surface area (Å²) in [5.41, 5.74) is 12.7. The molecule has 2 aliphatic heterocycles. The molecule has 0 spiro atoms. The lowest BCUT2D eigenvalue weighted by molar-refractivity contribution is -0.133. The van der Waals surface area contributed by atoms with Crippen molar-refractivity contribution in [3.8, 4) is 0 Å². The van der Waals surface area contributed by atoms with Crippen molar-refractivity contribution in [2.75, 3.05) is 63.8 Å². The Hall–Kier alpha value is -4.76. The average molecular weight is 667 g/mol. The highest BCUT2D eigenvalue weighted by Crippen LogP contribution is 2.24. The normalized spacial score (nSPS) is 20.4. The van der Waals surface area contributed by atoms with Gasteiger partial charge in [-0.15, -0.1) is 0 Å². The molecule has 4 heterocycles. The second kappa shape index (κ2) is 16.9. The van der Waals surface area contributed by atoms with Crippen LogP contribution >= 0.6 is 0 Å². The Balaban J connectivity index is 0.943. The number of nitrogens with two attached hydrogens (primary N) is 2. The van der Waals surface area contributed by atoms with Crippen LogP contribution in [0.1, 0.15) is 62.5 Å². The summed E-state index contributed by atoms with van der Waals surface area (Å²) >= 11 is 0. The molecular weight excluding hydrogens is 620 g/mol. The van der Waals surface area contributed by atoms with Crippen molar-refractivity contribution >= 4 is 35.9 Å². The quantitative estimate of drug-likeness (QED) is 0.413. The van der Waals surface area contributed by atoms with Gasteiger partial charge in [0, 0.05) is 90.0 Å². The number of rotatable bonds is 8. The molecule has 0 bridgehead atoms. The first-order valence-corrected chi connectivity index (χ1v) is 16.8. The Bertz CT molecular complexity index is 1270. The summed E-state index contributed by atoms with van der Waals surface area (Å²) in [6.45, 7) is 3.60. The molecule has 48 heavy (non-hydrogen) atoms. The molecule has 2 saturated heterocycles. The lowest BCUT2D eigenvalue weighted by Gasteiger charge is -2.36. The van der Waals surface area contributed by atoms with Gasteiger partial charge in [-0.3, -0.25) is 9.59 Å². The number of carbonyl (C=O) groups is 4. The highest BCUT2D eigenvalue weighted by molar-refractivity contribution is 5.77. The molecule has 4 amide bonds. The van der Waals surface area contributed by atoms with E-state index in [1.54, 1.807) is 44.4 Å². The fourth-order valence-electron chi connectivity index (χ4n) is 6.19. The second-order valence-electron chi connectivity index (χ2n) is 12.5. The van der Waals surface area contributed by atoms with E-state index >= 15 is 0 Å². The van der Waals surface area contributed by atoms with Gasteiger partial charge in [0.25, 0.3) is 0 Å². The van der Waals surface area contributed by atoms with Crippen LogP contribution in [0.5, 0.6) is 0 Å². The number of nitrogens with zero attached hydrogens (tertiary/aromatic N) is 8. The van der Waals surface area contributed by atoms with E-state index in [1.165, 1.54) is 0 Å². The molecule has 16 heteroatoms. The molecule has 260 valence electrons. The highest BCUT2D eigenvalue weighted by atomic mass is 16.6. The molecule has 0 unspecified atom stereocenters. The van der Waals surface area contributed by atoms with Crippen LogP contribution in [0.25, 0.3) is 0 Å². The van der Waals surface area contributed by atoms with Crippen molar-refractivity contribution in [2.24, 2.45) is 0 Å². The molecule has 5 rings (SSSR count). The second-order valence-corrected chi connectivity index (χ2v) is 12.5. The van der Waals surface area contributed by atoms with Crippen molar-refractivity contribution in [2.45, 2.75) is 76.4 Å². The van der Waals surface area contributed by atoms with Crippen LogP contribution in [0.3, 0.4) is 0 Å². The Kier molecular flexibility index (Phi) is 12.2. The third-order valence-corrected chi connectivity index (χ3v) is 9.13. The largest absolute Gasteiger partial charge is 0.446 e. The van der Waals surface area contributed by atoms with E-state index in [9.17, 15) is 19.2 Å². The Labute approximate surface area is 280 Å². The van der Waals surface area contributed by atoms with Gasteiger partial charge in [-0.05, 0) is 62.5 Å². The van der Waals surface area contributed by atoms with Gasteiger partial charge in [0.2, 0.25) is 23.7 Å². The van der Waals surface area contributed by atoms with Gasteiger partial charge >= 0.3 is 12.2 Å². The highest BCUT2D eigenvalue weighted by Gasteiger charge is 2.30. The molecule has 4 N–H and O–H groups in total. The summed E-state index contributed by atoms with van der Waals surface area (Å²) in [4.78, 5) is 73.9. The third kappa shape index (κ3) is 10.1. The first-order valence-electron chi connectivity index (χ1n) is 16.8. The molecule has 3 aliphatic rings. The standard InChI is InChI=1S/C32H46N10O6/c33-29-35-19-23(20-36-29)7-9-27(43)39-11-15-41(16-12-39)31(45)47-25-3-1-4-26(6-2-5-25)48-32(46)42-17-13-40(14-18-42)28(44)10-8-24-21-37-30(34)38-22-24/h19-22,25-26H,1-18H2,(H2,33,35,36)(H2,34,37,38). The molecule has 1 aliphatic carbocycles. The minimum atomic E-state index is -0.341. The molecule has 2 aromatic heterocycles. The summed E-state index contributed by atoms with van der Waals surface area (Å²) in [6.07, 6.45) is 11.6. The van der Waals surface area contributed by atoms with E-state index < -0.39 is 0 Å². The van der Waals surface area contributed by atoms with E-state index in [4.69, 9.17) is 20.9 Å². The number of nitrogen functional groups attached to an aromatic ring is 2. The fourth-order valence-corrected chi connectivity index (χ4v) is 6.19. The van der Waals surface area contributed by atoms with Crippen molar-refractivity contribution in [3.05, 3.63) is 35.9 Å². The molecule has 3 fully saturated rings. The van der Waals surface area contributed by atoms with Gasteiger partial charge in [0.1, 0.15) is 12.2 Å². The number of aromatic nitrogens is 4. The minimum Gasteiger partial charge on any atom is -0.446 e. The maximum Gasteiger partial charge on any atom is 0.410 e. The van der Waals surface area contributed by atoms with Gasteiger partial charge in [-0.1, -0.05) is 0 Å². The summed E-state index contributed by atoms with van der Waals surface area (Å²) in [6, 6.07) is 0. The molecule has 0 aromatic carbocycles. The zero-order valence-corrected chi connectivity index (χ0v) is 27.4. The zero-order valence-electron chi connectivity index (χ0n) is 27.4. The van der Waals surface area contributed by atoms with Gasteiger partial charge in [-0.2, -0.15) is 0 Å². The van der Waals surface area contributed by atoms with Gasteiger partial charge in [0.05, 0.1) is 0 Å². The molecule has 16 nitrogen and oxygen atoms in total. The summed E-state index contributed by atoms with van der Waals surface area (Å²) in [7, 11) is 0. The molecule has 0 radical (unpaired) electrons. The number of anilines is 2. The minimum absolute atomic E-state index is 0.0325. The van der Waals surface area contributed by atoms with Gasteiger partial charge in [-0.25, -0.2) is 29.5 Å². The van der Waals surface area contributed by atoms with E-state index in [-0.39, 0.29) is 48.1 Å². The smallest absolute Gasteiger partial charge is 0.410 e. The zero-order chi connectivity index (χ0) is 33.9. The van der Waals surface area contributed by atoms with Crippen LogP contribution in [0.4, 0.5) is 21.5 Å². The van der Waals surface area contributed by atoms with Crippen molar-refractivity contribution in [3.63, 3.8) is 0 Å². The number of carbonyl (C=O) groups excluding carboxylic acids is 4. The summed E-state index contributed by atoms with van der Waals surface area (Å²) < 4.78 is 11.7. The number of aryl methyl sites for hydroxylation is 2. The van der Waals surface area contributed by atoms with Crippen LogP contribution in [-0.4, -0.2) is 128 Å². The summed E-state index contributed by atoms with van der Waals surface area (Å²) in [5.74, 6) is 0.472. The first kappa shape index (κ1) is 34.6. The SMILES string of the molecule is Nc1ncc(CCC(=O)N2CCN(C(=O)OC3CCCC(OC(=O)N4CCN(C(=O)CCc5cnc(N)nc5)CC4)CCC3)CC2)cn1. The topological polar surface area (TPSA) is 203 Å². The van der Waals surface area contributed by atoms with Crippen LogP contribution in [0, 0.1) is 0 Å². The first-order chi connectivity index (χ1) is 23.2. The fraction of sp³-hybridized carbons (Fsp3) is 0.625. The van der Waals surface area contributed by atoms with Crippen molar-refractivity contribution in [1.29, 1.82) is 0 Å². The Morgan fingerprint density at radius 1 is 0.562 bits per heavy atom. The maximum atomic E-state index is 12.9. The van der Waals surface area contributed by atoms with Crippen molar-refractivity contribution in [1.82, 2.24) is 39.5 Å². The number of hydrogen-bond acceptors (Lipinski definition) is 12. The van der Waals surface area contributed by atoms with E-state index in [0.717, 1.165) is 24.0 Å². The molecule has 2 aromatic rings. The lowest BCUT2D eigenvalue weighted by Crippen LogP contribution is -2.51. The number of piperazine rings is 2. The van der Waals surface area contributed by atoms with E-state index in [2.05, 4.69) is 19.9 Å². The van der Waals surface area contributed by atoms with Gasteiger partial charge in [0.15, 0.2) is 0 Å². The van der Waals surface area contributed by atoms with Crippen molar-refractivity contribution < 1.29 is 28.7 Å². The number of amides is 4. The Morgan fingerprint density at radius 3 is 1.21 bits per heavy atom. The van der Waals surface area contributed by atoms with E-state index in [0.29, 0.717) is 104 Å². The number of ether oxygens (including phenoxy) is 2. The molecule has 1 saturated carbocycles. The van der Waals surface area contributed by atoms with Crippen LogP contribution < -0.4 is 11.5 Å². The molecule has 0 atom stereocenters. The van der Waals surface area contributed by atoms with Crippen LogP contribution in [0.15, 0.2) is 24.8 Å². The molecular formula is C32H46N10O6. The average Bonchev–Trinajstić information content (AvgIpc) is 3.09. The third-order valence-electron chi connectivity index (χ3n) is 9.13. The summed E-state index contributed by atoms with van der Waals surface area (Å²) in [5, 5.41) is 0.